The van der Waals surface area contributed by atoms with Crippen molar-refractivity contribution in [3.63, 3.8) is 0 Å². The number of aromatic nitrogens is 2. The smallest absolute Gasteiger partial charge is 0.177 e. The molecule has 0 saturated heterocycles. The van der Waals surface area contributed by atoms with Crippen molar-refractivity contribution in [1.29, 1.82) is 0 Å². The molecule has 6 nitrogen and oxygen atoms in total. The summed E-state index contributed by atoms with van der Waals surface area (Å²) in [6, 6.07) is 9.75. The van der Waals surface area contributed by atoms with Crippen molar-refractivity contribution in [2.45, 2.75) is 33.1 Å². The molecule has 0 bridgehead atoms. The summed E-state index contributed by atoms with van der Waals surface area (Å²) in [4.78, 5) is 19.2. The molecule has 0 aliphatic heterocycles. The van der Waals surface area contributed by atoms with Gasteiger partial charge in [0.2, 0.25) is 0 Å². The average molecular weight is 362 g/mol. The molecule has 0 atom stereocenters. The van der Waals surface area contributed by atoms with E-state index >= 15 is 0 Å². The van der Waals surface area contributed by atoms with Crippen LogP contribution in [0.3, 0.4) is 0 Å². The molecule has 2 aromatic heterocycles. The molecule has 0 aromatic carbocycles. The number of aryl methyl sites for hydroxylation is 2. The van der Waals surface area contributed by atoms with Crippen LogP contribution in [-0.2, 0) is 16.1 Å². The Hall–Kier alpha value is -3.20. The van der Waals surface area contributed by atoms with Crippen LogP contribution < -0.4 is 0 Å². The second-order valence-electron chi connectivity index (χ2n) is 6.19. The van der Waals surface area contributed by atoms with Crippen molar-refractivity contribution in [2.24, 2.45) is 10.3 Å². The van der Waals surface area contributed by atoms with Crippen LogP contribution in [0.4, 0.5) is 0 Å². The molecule has 3 rings (SSSR count). The Kier molecular flexibility index (Phi) is 6.16. The van der Waals surface area contributed by atoms with Gasteiger partial charge < -0.3 is 9.68 Å². The molecule has 0 saturated carbocycles. The fourth-order valence-corrected chi connectivity index (χ4v) is 2.85. The van der Waals surface area contributed by atoms with Gasteiger partial charge >= 0.3 is 0 Å². The molecule has 1 aliphatic rings. The van der Waals surface area contributed by atoms with E-state index in [1.807, 2.05) is 38.1 Å². The summed E-state index contributed by atoms with van der Waals surface area (Å²) in [7, 11) is 1.51. The highest BCUT2D eigenvalue weighted by atomic mass is 16.6. The Bertz CT molecular complexity index is 939. The predicted molar refractivity (Wildman–Crippen MR) is 105 cm³/mol. The number of pyridine rings is 2. The monoisotopic (exact) mass is 362 g/mol. The van der Waals surface area contributed by atoms with Crippen molar-refractivity contribution in [3.05, 3.63) is 58.7 Å². The van der Waals surface area contributed by atoms with Crippen molar-refractivity contribution >= 4 is 11.4 Å². The first-order chi connectivity index (χ1) is 13.2. The van der Waals surface area contributed by atoms with E-state index in [4.69, 9.17) is 9.68 Å². The van der Waals surface area contributed by atoms with Crippen molar-refractivity contribution < 1.29 is 9.68 Å². The minimum Gasteiger partial charge on any atom is -0.399 e. The summed E-state index contributed by atoms with van der Waals surface area (Å²) in [5, 5.41) is 8.14. The molecule has 1 aliphatic carbocycles. The molecule has 6 heteroatoms. The van der Waals surface area contributed by atoms with E-state index in [-0.39, 0.29) is 6.61 Å². The van der Waals surface area contributed by atoms with Gasteiger partial charge in [-0.2, -0.15) is 0 Å². The summed E-state index contributed by atoms with van der Waals surface area (Å²) in [6.45, 7) is 4.01. The predicted octanol–water partition coefficient (Wildman–Crippen LogP) is 3.26. The standard InChI is InChI=1S/C21H22N4O2/c1-15-12-13-17-7-4-11-20(21(17)22-15)25-27-14-6-9-18-8-5-10-19(23-18)16(2)24-26-3/h5,8,10,12-13H,4,7,11,14H2,1-3H3. The number of nitrogens with zero attached hydrogens (tertiary/aromatic N) is 4. The number of hydrogen-bond acceptors (Lipinski definition) is 6. The third kappa shape index (κ3) is 4.91. The van der Waals surface area contributed by atoms with Gasteiger partial charge in [0.1, 0.15) is 24.2 Å². The maximum Gasteiger partial charge on any atom is 0.177 e. The summed E-state index contributed by atoms with van der Waals surface area (Å²) < 4.78 is 0. The molecule has 0 unspecified atom stereocenters. The van der Waals surface area contributed by atoms with Gasteiger partial charge in [-0.05, 0) is 62.8 Å². The Balaban J connectivity index is 1.64. The lowest BCUT2D eigenvalue weighted by atomic mass is 9.94. The highest BCUT2D eigenvalue weighted by molar-refractivity contribution is 6.00. The third-order valence-corrected chi connectivity index (χ3v) is 4.13. The van der Waals surface area contributed by atoms with Crippen molar-refractivity contribution in [2.75, 3.05) is 13.7 Å². The largest absolute Gasteiger partial charge is 0.399 e. The van der Waals surface area contributed by atoms with Crippen LogP contribution in [0.25, 0.3) is 0 Å². The Labute approximate surface area is 159 Å². The summed E-state index contributed by atoms with van der Waals surface area (Å²) >= 11 is 0. The Morgan fingerprint density at radius 1 is 1.19 bits per heavy atom. The molecule has 27 heavy (non-hydrogen) atoms. The van der Waals surface area contributed by atoms with E-state index in [2.05, 4.69) is 38.2 Å². The minimum absolute atomic E-state index is 0.196. The first-order valence-corrected chi connectivity index (χ1v) is 8.87. The zero-order chi connectivity index (χ0) is 19.1. The molecular formula is C21H22N4O2. The zero-order valence-electron chi connectivity index (χ0n) is 15.8. The Morgan fingerprint density at radius 3 is 2.93 bits per heavy atom. The lowest BCUT2D eigenvalue weighted by Crippen LogP contribution is -2.15. The quantitative estimate of drug-likeness (QED) is 0.362. The lowest BCUT2D eigenvalue weighted by Gasteiger charge is -2.16. The van der Waals surface area contributed by atoms with E-state index in [0.717, 1.165) is 42.1 Å². The third-order valence-electron chi connectivity index (χ3n) is 4.13. The molecule has 2 heterocycles. The molecule has 2 aromatic rings. The second-order valence-corrected chi connectivity index (χ2v) is 6.19. The fraction of sp³-hybridized carbons (Fsp3) is 0.333. The SMILES string of the molecule is CON=C(C)c1cccc(C#CCON=C2CCCc3ccc(C)nc32)n1. The van der Waals surface area contributed by atoms with Gasteiger partial charge in [-0.3, -0.25) is 4.98 Å². The molecule has 138 valence electrons. The van der Waals surface area contributed by atoms with Crippen LogP contribution in [0, 0.1) is 18.8 Å². The minimum atomic E-state index is 0.196. The van der Waals surface area contributed by atoms with E-state index in [1.54, 1.807) is 0 Å². The van der Waals surface area contributed by atoms with E-state index in [1.165, 1.54) is 12.7 Å². The van der Waals surface area contributed by atoms with Crippen molar-refractivity contribution in [3.8, 4) is 11.8 Å². The van der Waals surface area contributed by atoms with Crippen LogP contribution in [0.15, 0.2) is 40.6 Å². The van der Waals surface area contributed by atoms with Crippen LogP contribution in [0.5, 0.6) is 0 Å². The van der Waals surface area contributed by atoms with Gasteiger partial charge in [0.05, 0.1) is 11.4 Å². The first-order valence-electron chi connectivity index (χ1n) is 8.87. The highest BCUT2D eigenvalue weighted by Gasteiger charge is 2.17. The molecule has 0 radical (unpaired) electrons. The topological polar surface area (TPSA) is 69.0 Å². The van der Waals surface area contributed by atoms with Gasteiger partial charge in [0.25, 0.3) is 0 Å². The maximum atomic E-state index is 5.41. The summed E-state index contributed by atoms with van der Waals surface area (Å²) in [6.07, 6.45) is 2.97. The number of fused-ring (bicyclic) bond motifs is 1. The average Bonchev–Trinajstić information content (AvgIpc) is 2.68. The van der Waals surface area contributed by atoms with Crippen LogP contribution in [-0.4, -0.2) is 35.1 Å². The van der Waals surface area contributed by atoms with Gasteiger partial charge in [-0.25, -0.2) is 4.98 Å². The van der Waals surface area contributed by atoms with Crippen LogP contribution in [0.1, 0.15) is 48.1 Å². The second kappa shape index (κ2) is 8.95. The fourth-order valence-electron chi connectivity index (χ4n) is 2.85. The zero-order valence-corrected chi connectivity index (χ0v) is 15.8. The number of oxime groups is 2. The van der Waals surface area contributed by atoms with E-state index < -0.39 is 0 Å². The number of rotatable bonds is 4. The molecule has 0 fully saturated rings. The Morgan fingerprint density at radius 2 is 2.07 bits per heavy atom. The van der Waals surface area contributed by atoms with Crippen LogP contribution >= 0.6 is 0 Å². The summed E-state index contributed by atoms with van der Waals surface area (Å²) in [5.41, 5.74) is 6.14. The van der Waals surface area contributed by atoms with E-state index in [0.29, 0.717) is 11.4 Å². The van der Waals surface area contributed by atoms with Crippen molar-refractivity contribution in [1.82, 2.24) is 9.97 Å². The summed E-state index contributed by atoms with van der Waals surface area (Å²) in [5.74, 6) is 5.92. The van der Waals surface area contributed by atoms with Crippen LogP contribution in [0.2, 0.25) is 0 Å². The van der Waals surface area contributed by atoms with Gasteiger partial charge in [-0.1, -0.05) is 28.4 Å². The molecule has 0 N–H and O–H groups in total. The molecular weight excluding hydrogens is 340 g/mol. The normalized spacial score (nSPS) is 14.9. The van der Waals surface area contributed by atoms with E-state index in [9.17, 15) is 0 Å². The number of hydrogen-bond donors (Lipinski definition) is 0. The molecule has 0 spiro atoms. The van der Waals surface area contributed by atoms with Gasteiger partial charge in [0.15, 0.2) is 6.61 Å². The van der Waals surface area contributed by atoms with Gasteiger partial charge in [0, 0.05) is 5.69 Å². The lowest BCUT2D eigenvalue weighted by molar-refractivity contribution is 0.179. The van der Waals surface area contributed by atoms with Gasteiger partial charge in [-0.15, -0.1) is 0 Å². The molecule has 0 amide bonds. The highest BCUT2D eigenvalue weighted by Crippen LogP contribution is 2.20. The maximum absolute atomic E-state index is 5.41. The first kappa shape index (κ1) is 18.6.